The Morgan fingerprint density at radius 1 is 1.00 bits per heavy atom. The van der Waals surface area contributed by atoms with Crippen molar-refractivity contribution in [3.8, 4) is 39.8 Å². The minimum absolute atomic E-state index is 0.0872. The first kappa shape index (κ1) is 33.3. The van der Waals surface area contributed by atoms with Gasteiger partial charge in [0.25, 0.3) is 5.89 Å². The SMILES string of the molecule is CC(C)C1NC(=O)C(NC(=O)[C@@H](O)C(C)C)Cc2ccc3c(c2)C24c5cccc(c5NC2O3)-c2cccc3[nH]c(Cl)c(c23)-c2oc(nc2Cl)-c2nc1oc24. The molecule has 6 aromatic rings. The summed E-state index contributed by atoms with van der Waals surface area (Å²) in [6.07, 6.45) is -1.87. The topological polar surface area (TPSA) is 168 Å². The van der Waals surface area contributed by atoms with Crippen LogP contribution in [-0.4, -0.2) is 50.2 Å². The van der Waals surface area contributed by atoms with Crippen LogP contribution in [0.3, 0.4) is 0 Å². The molecule has 0 radical (unpaired) electrons. The fraction of sp³-hybridized carbons (Fsp3) is 0.300. The van der Waals surface area contributed by atoms with Crippen LogP contribution in [0, 0.1) is 11.8 Å². The van der Waals surface area contributed by atoms with Gasteiger partial charge in [0.2, 0.25) is 17.7 Å². The van der Waals surface area contributed by atoms with Crippen LogP contribution in [0.25, 0.3) is 44.9 Å². The number of fused-ring (bicyclic) bond motifs is 7. The summed E-state index contributed by atoms with van der Waals surface area (Å²) in [5.41, 5.74) is 5.49. The third kappa shape index (κ3) is 4.47. The highest BCUT2D eigenvalue weighted by Gasteiger charge is 2.61. The number of nitrogens with one attached hydrogen (secondary N) is 4. The largest absolute Gasteiger partial charge is 0.469 e. The lowest BCUT2D eigenvalue weighted by Crippen LogP contribution is -2.52. The number of carbonyl (C=O) groups is 2. The molecule has 274 valence electrons. The number of halogens is 2. The molecule has 3 aromatic carbocycles. The minimum Gasteiger partial charge on any atom is -0.469 e. The number of carbonyl (C=O) groups excluding carboxylic acids is 2. The normalized spacial score (nSPS) is 22.2. The van der Waals surface area contributed by atoms with E-state index in [0.717, 1.165) is 44.4 Å². The first-order chi connectivity index (χ1) is 25.9. The van der Waals surface area contributed by atoms with Gasteiger partial charge in [-0.25, -0.2) is 4.98 Å². The monoisotopic (exact) mass is 764 g/mol. The third-order valence-corrected chi connectivity index (χ3v) is 11.7. The Kier molecular flexibility index (Phi) is 7.15. The number of aliphatic hydroxyl groups excluding tert-OH is 1. The molecule has 12 nitrogen and oxygen atoms in total. The van der Waals surface area contributed by atoms with E-state index in [-0.39, 0.29) is 46.6 Å². The number of amides is 2. The number of rotatable bonds is 4. The van der Waals surface area contributed by atoms with Gasteiger partial charge >= 0.3 is 0 Å². The van der Waals surface area contributed by atoms with E-state index in [9.17, 15) is 14.7 Å². The molecule has 5 N–H and O–H groups in total. The Bertz CT molecular complexity index is 2590. The lowest BCUT2D eigenvalue weighted by Gasteiger charge is -2.29. The second-order valence-corrected chi connectivity index (χ2v) is 15.8. The molecule has 0 aliphatic carbocycles. The van der Waals surface area contributed by atoms with Crippen LogP contribution < -0.4 is 20.7 Å². The van der Waals surface area contributed by atoms with Gasteiger partial charge < -0.3 is 39.6 Å². The number of aromatic nitrogens is 3. The Hall–Kier alpha value is -5.30. The van der Waals surface area contributed by atoms with Crippen LogP contribution >= 0.6 is 23.2 Å². The van der Waals surface area contributed by atoms with E-state index in [1.165, 1.54) is 0 Å². The Labute approximate surface area is 318 Å². The summed E-state index contributed by atoms with van der Waals surface area (Å²) in [7, 11) is 0. The van der Waals surface area contributed by atoms with Gasteiger partial charge in [-0.15, -0.1) is 0 Å². The molecule has 0 saturated carbocycles. The maximum Gasteiger partial charge on any atom is 0.250 e. The van der Waals surface area contributed by atoms with E-state index < -0.39 is 41.6 Å². The van der Waals surface area contributed by atoms with Crippen molar-refractivity contribution in [3.63, 3.8) is 0 Å². The van der Waals surface area contributed by atoms with Crippen LogP contribution in [0.2, 0.25) is 10.3 Å². The summed E-state index contributed by atoms with van der Waals surface area (Å²) in [6, 6.07) is 16.0. The Morgan fingerprint density at radius 3 is 2.59 bits per heavy atom. The summed E-state index contributed by atoms with van der Waals surface area (Å²) in [4.78, 5) is 40.5. The molecule has 5 atom stereocenters. The van der Waals surface area contributed by atoms with Gasteiger partial charge in [0.05, 0.1) is 5.56 Å². The maximum absolute atomic E-state index is 14.2. The van der Waals surface area contributed by atoms with E-state index in [2.05, 4.69) is 27.0 Å². The molecule has 14 heteroatoms. The molecule has 2 amide bonds. The smallest absolute Gasteiger partial charge is 0.250 e. The molecule has 4 unspecified atom stereocenters. The van der Waals surface area contributed by atoms with Crippen molar-refractivity contribution < 1.29 is 28.3 Å². The van der Waals surface area contributed by atoms with Crippen LogP contribution in [0.5, 0.6) is 5.75 Å². The molecule has 0 saturated heterocycles. The second-order valence-electron chi connectivity index (χ2n) is 15.1. The van der Waals surface area contributed by atoms with E-state index in [1.54, 1.807) is 13.8 Å². The number of aliphatic hydroxyl groups is 1. The minimum atomic E-state index is -1.30. The van der Waals surface area contributed by atoms with Crippen molar-refractivity contribution in [2.75, 3.05) is 5.32 Å². The van der Waals surface area contributed by atoms with E-state index >= 15 is 0 Å². The zero-order valence-corrected chi connectivity index (χ0v) is 31.0. The molecular formula is C40H34Cl2N6O6. The van der Waals surface area contributed by atoms with Crippen LogP contribution in [-0.2, 0) is 21.4 Å². The van der Waals surface area contributed by atoms with Crippen molar-refractivity contribution >= 4 is 51.6 Å². The third-order valence-electron chi connectivity index (χ3n) is 11.2. The second kappa shape index (κ2) is 11.6. The van der Waals surface area contributed by atoms with Crippen molar-refractivity contribution in [1.82, 2.24) is 25.6 Å². The molecule has 4 aliphatic heterocycles. The van der Waals surface area contributed by atoms with Gasteiger partial charge in [-0.05, 0) is 35.1 Å². The van der Waals surface area contributed by atoms with E-state index in [4.69, 9.17) is 46.7 Å². The molecule has 10 rings (SSSR count). The van der Waals surface area contributed by atoms with E-state index in [1.807, 2.05) is 62.4 Å². The number of hydrogen-bond donors (Lipinski definition) is 5. The number of anilines is 1. The molecule has 10 bridgehead atoms. The number of ether oxygens (including phenoxy) is 1. The highest BCUT2D eigenvalue weighted by molar-refractivity contribution is 6.37. The van der Waals surface area contributed by atoms with E-state index in [0.29, 0.717) is 22.2 Å². The van der Waals surface area contributed by atoms with Gasteiger partial charge in [0, 0.05) is 39.7 Å². The molecule has 1 spiro atoms. The summed E-state index contributed by atoms with van der Waals surface area (Å²) in [5.74, 6) is -0.0970. The summed E-state index contributed by atoms with van der Waals surface area (Å²) in [5, 5.41) is 21.5. The fourth-order valence-electron chi connectivity index (χ4n) is 8.52. The number of H-pyrrole nitrogens is 1. The zero-order valence-electron chi connectivity index (χ0n) is 29.5. The molecule has 0 fully saturated rings. The average Bonchev–Trinajstić information content (AvgIpc) is 3.94. The van der Waals surface area contributed by atoms with Gasteiger partial charge in [-0.3, -0.25) is 9.59 Å². The summed E-state index contributed by atoms with van der Waals surface area (Å²) in [6.45, 7) is 7.36. The summed E-state index contributed by atoms with van der Waals surface area (Å²) < 4.78 is 20.4. The van der Waals surface area contributed by atoms with Gasteiger partial charge in [0.15, 0.2) is 28.6 Å². The number of aromatic amines is 1. The standard InChI is InChI=1S/C40H34Cl2N6O6/c1-15(2)27-37-46-29-32(54-37)40-20-9-5-8-19(18-7-6-10-22-25(18)26(33(41)43-22)31-34(42)48-38(29)53-31)28(20)47-39(40)52-24-12-11-17(13-21(24)40)14-23(35(50)45-27)44-36(51)30(49)16(3)4/h5-13,15-16,23,27,30,39,43,47,49H,14H2,1-4H3,(H,44,51)(H,45,50)/t23?,27?,30-,39?,40?/m0/s1. The molecule has 4 aliphatic rings. The Balaban J connectivity index is 1.30. The molecule has 3 aromatic heterocycles. The number of benzene rings is 3. The Morgan fingerprint density at radius 2 is 1.80 bits per heavy atom. The molecule has 7 heterocycles. The zero-order chi connectivity index (χ0) is 37.4. The highest BCUT2D eigenvalue weighted by atomic mass is 35.5. The number of para-hydroxylation sites is 1. The summed E-state index contributed by atoms with van der Waals surface area (Å²) >= 11 is 13.9. The van der Waals surface area contributed by atoms with Crippen LogP contribution in [0.15, 0.2) is 63.4 Å². The lowest BCUT2D eigenvalue weighted by molar-refractivity contribution is -0.135. The van der Waals surface area contributed by atoms with Crippen molar-refractivity contribution in [1.29, 1.82) is 0 Å². The predicted molar refractivity (Wildman–Crippen MR) is 201 cm³/mol. The first-order valence-electron chi connectivity index (χ1n) is 17.9. The number of nitrogens with zero attached hydrogens (tertiary/aromatic N) is 2. The van der Waals surface area contributed by atoms with Gasteiger partial charge in [-0.2, -0.15) is 4.98 Å². The van der Waals surface area contributed by atoms with Gasteiger partial charge in [-0.1, -0.05) is 93.4 Å². The van der Waals surface area contributed by atoms with Crippen molar-refractivity contribution in [2.24, 2.45) is 11.8 Å². The van der Waals surface area contributed by atoms with Crippen molar-refractivity contribution in [3.05, 3.63) is 93.2 Å². The quantitative estimate of drug-likeness (QED) is 0.126. The molecular weight excluding hydrogens is 731 g/mol. The molecule has 54 heavy (non-hydrogen) atoms. The average molecular weight is 766 g/mol. The van der Waals surface area contributed by atoms with Crippen LogP contribution in [0.1, 0.15) is 62.1 Å². The number of hydrogen-bond acceptors (Lipinski definition) is 9. The highest BCUT2D eigenvalue weighted by Crippen LogP contribution is 2.62. The first-order valence-corrected chi connectivity index (χ1v) is 18.7. The van der Waals surface area contributed by atoms with Crippen LogP contribution in [0.4, 0.5) is 5.69 Å². The lowest BCUT2D eigenvalue weighted by atomic mass is 9.72. The maximum atomic E-state index is 14.2. The fourth-order valence-corrected chi connectivity index (χ4v) is 9.01. The predicted octanol–water partition coefficient (Wildman–Crippen LogP) is 7.11. The number of oxazole rings is 2. The van der Waals surface area contributed by atoms with Crippen molar-refractivity contribution in [2.45, 2.75) is 63.9 Å². The van der Waals surface area contributed by atoms with Gasteiger partial charge in [0.1, 0.15) is 34.5 Å².